The molecule has 158 valence electrons. The van der Waals surface area contributed by atoms with Crippen molar-refractivity contribution in [2.45, 2.75) is 92.8 Å². The van der Waals surface area contributed by atoms with Crippen LogP contribution >= 0.6 is 0 Å². The molecule has 0 radical (unpaired) electrons. The van der Waals surface area contributed by atoms with E-state index in [2.05, 4.69) is 13.8 Å². The normalized spacial score (nSPS) is 15.6. The van der Waals surface area contributed by atoms with E-state index in [4.69, 9.17) is 14.2 Å². The van der Waals surface area contributed by atoms with Crippen molar-refractivity contribution >= 4 is 17.9 Å². The zero-order valence-corrected chi connectivity index (χ0v) is 18.1. The van der Waals surface area contributed by atoms with Crippen molar-refractivity contribution in [3.63, 3.8) is 0 Å². The lowest BCUT2D eigenvalue weighted by Gasteiger charge is -2.27. The van der Waals surface area contributed by atoms with E-state index in [1.54, 1.807) is 0 Å². The third kappa shape index (κ3) is 13.3. The summed E-state index contributed by atoms with van der Waals surface area (Å²) in [6.07, 6.45) is 3.73. The van der Waals surface area contributed by atoms with Gasteiger partial charge >= 0.3 is 17.9 Å². The summed E-state index contributed by atoms with van der Waals surface area (Å²) in [5, 5.41) is 0. The Labute approximate surface area is 164 Å². The predicted molar refractivity (Wildman–Crippen MR) is 104 cm³/mol. The summed E-state index contributed by atoms with van der Waals surface area (Å²) in [7, 11) is 0. The Morgan fingerprint density at radius 1 is 0.667 bits per heavy atom. The molecule has 4 unspecified atom stereocenters. The van der Waals surface area contributed by atoms with Crippen molar-refractivity contribution in [1.82, 2.24) is 0 Å². The van der Waals surface area contributed by atoms with E-state index in [9.17, 15) is 14.4 Å². The molecule has 0 aliphatic heterocycles. The first-order valence-corrected chi connectivity index (χ1v) is 10.0. The maximum atomic E-state index is 11.5. The van der Waals surface area contributed by atoms with E-state index in [1.165, 1.54) is 20.8 Å². The molecule has 0 heterocycles. The monoisotopic (exact) mass is 386 g/mol. The number of hydrogen-bond donors (Lipinski definition) is 0. The minimum absolute atomic E-state index is 0.120. The van der Waals surface area contributed by atoms with Crippen molar-refractivity contribution in [2.24, 2.45) is 17.8 Å². The maximum absolute atomic E-state index is 11.5. The van der Waals surface area contributed by atoms with E-state index in [-0.39, 0.29) is 42.0 Å². The molecule has 0 aromatic rings. The molecule has 0 saturated heterocycles. The van der Waals surface area contributed by atoms with Gasteiger partial charge in [0.05, 0.1) is 6.61 Å². The third-order valence-corrected chi connectivity index (χ3v) is 4.78. The van der Waals surface area contributed by atoms with Gasteiger partial charge in [-0.1, -0.05) is 27.7 Å². The van der Waals surface area contributed by atoms with Gasteiger partial charge in [-0.15, -0.1) is 0 Å². The molecule has 4 atom stereocenters. The summed E-state index contributed by atoms with van der Waals surface area (Å²) < 4.78 is 15.9. The van der Waals surface area contributed by atoms with Gasteiger partial charge in [0.1, 0.15) is 12.2 Å². The van der Waals surface area contributed by atoms with E-state index < -0.39 is 0 Å². The number of rotatable bonds is 13. The van der Waals surface area contributed by atoms with Gasteiger partial charge in [-0.3, -0.25) is 14.4 Å². The Bertz CT molecular complexity index is 460. The minimum Gasteiger partial charge on any atom is -0.466 e. The zero-order valence-electron chi connectivity index (χ0n) is 18.1. The van der Waals surface area contributed by atoms with Gasteiger partial charge in [-0.25, -0.2) is 0 Å². The summed E-state index contributed by atoms with van der Waals surface area (Å²) in [5.74, 6) is -0.0135. The first-order valence-electron chi connectivity index (χ1n) is 10.0. The Morgan fingerprint density at radius 2 is 1.19 bits per heavy atom. The molecule has 0 aromatic heterocycles. The largest absolute Gasteiger partial charge is 0.466 e. The molecule has 0 aromatic carbocycles. The highest BCUT2D eigenvalue weighted by atomic mass is 16.5. The van der Waals surface area contributed by atoms with Crippen molar-refractivity contribution in [3.8, 4) is 0 Å². The Morgan fingerprint density at radius 3 is 1.67 bits per heavy atom. The zero-order chi connectivity index (χ0) is 21.0. The molecular weight excluding hydrogens is 348 g/mol. The summed E-state index contributed by atoms with van der Waals surface area (Å²) in [6, 6.07) is 0. The summed E-state index contributed by atoms with van der Waals surface area (Å²) in [6.45, 7) is 12.9. The van der Waals surface area contributed by atoms with Crippen LogP contribution in [0.15, 0.2) is 0 Å². The van der Waals surface area contributed by atoms with Crippen molar-refractivity contribution < 1.29 is 28.6 Å². The SMILES string of the molecule is CC(=O)OCCC(C)CCC(OC(C)=O)C(C)CCC(OC(C)=O)C(C)C. The summed E-state index contributed by atoms with van der Waals surface area (Å²) in [5.41, 5.74) is 0. The van der Waals surface area contributed by atoms with Crippen molar-refractivity contribution in [3.05, 3.63) is 0 Å². The lowest BCUT2D eigenvalue weighted by atomic mass is 9.89. The molecule has 0 aliphatic carbocycles. The van der Waals surface area contributed by atoms with Crippen LogP contribution in [0, 0.1) is 17.8 Å². The molecule has 27 heavy (non-hydrogen) atoms. The molecule has 6 nitrogen and oxygen atoms in total. The topological polar surface area (TPSA) is 78.9 Å². The number of hydrogen-bond acceptors (Lipinski definition) is 6. The fourth-order valence-corrected chi connectivity index (χ4v) is 3.02. The van der Waals surface area contributed by atoms with Crippen LogP contribution in [-0.2, 0) is 28.6 Å². The highest BCUT2D eigenvalue weighted by Gasteiger charge is 2.24. The van der Waals surface area contributed by atoms with Crippen LogP contribution in [0.25, 0.3) is 0 Å². The van der Waals surface area contributed by atoms with Crippen LogP contribution in [0.5, 0.6) is 0 Å². The first-order chi connectivity index (χ1) is 12.5. The molecular formula is C21H38O6. The van der Waals surface area contributed by atoms with Crippen LogP contribution in [0.1, 0.15) is 80.6 Å². The molecule has 0 saturated carbocycles. The number of carbonyl (C=O) groups is 3. The molecule has 0 rings (SSSR count). The van der Waals surface area contributed by atoms with Gasteiger partial charge in [0, 0.05) is 20.8 Å². The Kier molecular flexibility index (Phi) is 12.8. The maximum Gasteiger partial charge on any atom is 0.302 e. The molecule has 0 spiro atoms. The number of ether oxygens (including phenoxy) is 3. The smallest absolute Gasteiger partial charge is 0.302 e. The molecule has 0 aliphatic rings. The fourth-order valence-electron chi connectivity index (χ4n) is 3.02. The third-order valence-electron chi connectivity index (χ3n) is 4.78. The van der Waals surface area contributed by atoms with E-state index in [1.807, 2.05) is 13.8 Å². The average molecular weight is 387 g/mol. The molecule has 0 amide bonds. The Balaban J connectivity index is 4.57. The lowest BCUT2D eigenvalue weighted by Crippen LogP contribution is -2.28. The van der Waals surface area contributed by atoms with Crippen LogP contribution in [0.4, 0.5) is 0 Å². The van der Waals surface area contributed by atoms with Crippen molar-refractivity contribution in [1.29, 1.82) is 0 Å². The minimum atomic E-state index is -0.278. The standard InChI is InChI=1S/C21H38O6/c1-14(2)20(26-18(6)23)11-9-16(4)21(27-19(7)24)10-8-15(3)12-13-25-17(5)22/h14-16,20-21H,8-13H2,1-7H3. The van der Waals surface area contributed by atoms with Crippen LogP contribution < -0.4 is 0 Å². The lowest BCUT2D eigenvalue weighted by molar-refractivity contribution is -0.150. The predicted octanol–water partition coefficient (Wildman–Crippen LogP) is 4.29. The van der Waals surface area contributed by atoms with Gasteiger partial charge < -0.3 is 14.2 Å². The van der Waals surface area contributed by atoms with Crippen LogP contribution in [-0.4, -0.2) is 36.7 Å². The molecule has 0 fully saturated rings. The second-order valence-corrected chi connectivity index (χ2v) is 7.91. The van der Waals surface area contributed by atoms with Gasteiger partial charge in [0.2, 0.25) is 0 Å². The highest BCUT2D eigenvalue weighted by Crippen LogP contribution is 2.25. The first kappa shape index (κ1) is 25.4. The van der Waals surface area contributed by atoms with Gasteiger partial charge in [-0.05, 0) is 49.9 Å². The van der Waals surface area contributed by atoms with Gasteiger partial charge in [0.15, 0.2) is 0 Å². The van der Waals surface area contributed by atoms with Crippen molar-refractivity contribution in [2.75, 3.05) is 6.61 Å². The molecule has 0 N–H and O–H groups in total. The van der Waals surface area contributed by atoms with E-state index >= 15 is 0 Å². The van der Waals surface area contributed by atoms with E-state index in [0.29, 0.717) is 12.5 Å². The Hall–Kier alpha value is -1.59. The van der Waals surface area contributed by atoms with E-state index in [0.717, 1.165) is 32.1 Å². The van der Waals surface area contributed by atoms with Gasteiger partial charge in [0.25, 0.3) is 0 Å². The second-order valence-electron chi connectivity index (χ2n) is 7.91. The average Bonchev–Trinajstić information content (AvgIpc) is 2.53. The number of carbonyl (C=O) groups excluding carboxylic acids is 3. The summed E-state index contributed by atoms with van der Waals surface area (Å²) in [4.78, 5) is 33.6. The fraction of sp³-hybridized carbons (Fsp3) is 0.857. The summed E-state index contributed by atoms with van der Waals surface area (Å²) >= 11 is 0. The van der Waals surface area contributed by atoms with Crippen LogP contribution in [0.3, 0.4) is 0 Å². The number of esters is 3. The molecule has 0 bridgehead atoms. The van der Waals surface area contributed by atoms with Crippen LogP contribution in [0.2, 0.25) is 0 Å². The van der Waals surface area contributed by atoms with Gasteiger partial charge in [-0.2, -0.15) is 0 Å². The highest BCUT2D eigenvalue weighted by molar-refractivity contribution is 5.66. The second kappa shape index (κ2) is 13.6. The quantitative estimate of drug-likeness (QED) is 0.347. The molecule has 6 heteroatoms.